The molecule has 3 rings (SSSR count). The molecule has 28 heavy (non-hydrogen) atoms. The molecule has 2 aliphatic rings. The molecular formula is C23H34O4S. The molecule has 2 aliphatic carbocycles. The summed E-state index contributed by atoms with van der Waals surface area (Å²) >= 11 is 1.87. The van der Waals surface area contributed by atoms with Crippen LogP contribution in [0.15, 0.2) is 54.6 Å². The molecular weight excluding hydrogens is 372 g/mol. The van der Waals surface area contributed by atoms with Crippen LogP contribution in [-0.2, 0) is 4.79 Å². The SMILES string of the molecule is C.C=C1C(c2ccc(OC3CCCCC3=O)cc2)=CC=CC1CCSC.O.O. The molecule has 1 aromatic rings. The van der Waals surface area contributed by atoms with Crippen LogP contribution >= 0.6 is 11.8 Å². The fourth-order valence-electron chi connectivity index (χ4n) is 3.46. The smallest absolute Gasteiger partial charge is 0.173 e. The molecule has 1 saturated carbocycles. The minimum Gasteiger partial charge on any atom is -0.483 e. The highest BCUT2D eigenvalue weighted by molar-refractivity contribution is 7.98. The lowest BCUT2D eigenvalue weighted by Crippen LogP contribution is -2.30. The molecule has 0 heterocycles. The van der Waals surface area contributed by atoms with E-state index in [1.165, 1.54) is 11.1 Å². The largest absolute Gasteiger partial charge is 0.483 e. The number of thioether (sulfide) groups is 1. The quantitative estimate of drug-likeness (QED) is 0.699. The van der Waals surface area contributed by atoms with Crippen molar-refractivity contribution in [3.63, 3.8) is 0 Å². The highest BCUT2D eigenvalue weighted by Crippen LogP contribution is 2.34. The minimum absolute atomic E-state index is 0. The number of carbonyl (C=O) groups is 1. The summed E-state index contributed by atoms with van der Waals surface area (Å²) in [6.45, 7) is 4.33. The summed E-state index contributed by atoms with van der Waals surface area (Å²) in [6, 6.07) is 8.09. The molecule has 2 unspecified atom stereocenters. The number of carbonyl (C=O) groups excluding carboxylic acids is 1. The van der Waals surface area contributed by atoms with Crippen LogP contribution in [0.1, 0.15) is 45.1 Å². The van der Waals surface area contributed by atoms with Gasteiger partial charge in [-0.15, -0.1) is 0 Å². The molecule has 0 bridgehead atoms. The maximum atomic E-state index is 11.9. The lowest BCUT2D eigenvalue weighted by molar-refractivity contribution is -0.127. The Hall–Kier alpha value is -1.82. The summed E-state index contributed by atoms with van der Waals surface area (Å²) < 4.78 is 5.90. The molecule has 0 radical (unpaired) electrons. The van der Waals surface area contributed by atoms with Gasteiger partial charge >= 0.3 is 0 Å². The number of hydrogen-bond donors (Lipinski definition) is 0. The first-order valence-corrected chi connectivity index (χ1v) is 10.4. The second-order valence-electron chi connectivity index (χ2n) is 6.72. The average Bonchev–Trinajstić information content (AvgIpc) is 2.64. The maximum Gasteiger partial charge on any atom is 0.173 e. The summed E-state index contributed by atoms with van der Waals surface area (Å²) in [5.74, 6) is 2.58. The number of hydrogen-bond acceptors (Lipinski definition) is 3. The van der Waals surface area contributed by atoms with Crippen molar-refractivity contribution in [3.05, 3.63) is 60.2 Å². The molecule has 1 fully saturated rings. The van der Waals surface area contributed by atoms with Crippen molar-refractivity contribution in [2.45, 2.75) is 45.6 Å². The standard InChI is InChI=1S/C22H26O2S.CH4.2H2O/c1-16-17(14-15-25-2)6-5-7-20(16)18-10-12-19(13-11-18)24-22-9-4-3-8-21(22)23;;;/h5-7,10-13,17,22H,1,3-4,8-9,14-15H2,2H3;1H4;2*1H2. The minimum atomic E-state index is -0.262. The Labute approximate surface area is 173 Å². The number of ketones is 1. The molecule has 0 spiro atoms. The lowest BCUT2D eigenvalue weighted by atomic mass is 9.84. The zero-order valence-corrected chi connectivity index (χ0v) is 16.7. The first-order valence-electron chi connectivity index (χ1n) is 9.05. The average molecular weight is 407 g/mol. The van der Waals surface area contributed by atoms with Crippen molar-refractivity contribution in [1.29, 1.82) is 0 Å². The summed E-state index contributed by atoms with van der Waals surface area (Å²) in [5.41, 5.74) is 3.55. The van der Waals surface area contributed by atoms with E-state index in [1.807, 2.05) is 23.9 Å². The first-order chi connectivity index (χ1) is 12.2. The van der Waals surface area contributed by atoms with Crippen molar-refractivity contribution in [2.75, 3.05) is 12.0 Å². The zero-order valence-electron chi connectivity index (χ0n) is 15.9. The van der Waals surface area contributed by atoms with E-state index in [9.17, 15) is 4.79 Å². The highest BCUT2D eigenvalue weighted by Gasteiger charge is 2.24. The van der Waals surface area contributed by atoms with Crippen molar-refractivity contribution in [1.82, 2.24) is 0 Å². The number of ether oxygens (including phenoxy) is 1. The number of rotatable bonds is 6. The van der Waals surface area contributed by atoms with Gasteiger partial charge in [-0.25, -0.2) is 0 Å². The van der Waals surface area contributed by atoms with Crippen LogP contribution < -0.4 is 4.74 Å². The van der Waals surface area contributed by atoms with Crippen LogP contribution in [-0.4, -0.2) is 34.8 Å². The Bertz CT molecular complexity index is 691. The second kappa shape index (κ2) is 12.6. The van der Waals surface area contributed by atoms with Crippen LogP contribution in [0.5, 0.6) is 5.75 Å². The van der Waals surface area contributed by atoms with Gasteiger partial charge in [0.2, 0.25) is 0 Å². The van der Waals surface area contributed by atoms with E-state index < -0.39 is 0 Å². The summed E-state index contributed by atoms with van der Waals surface area (Å²) in [4.78, 5) is 11.9. The maximum absolute atomic E-state index is 11.9. The van der Waals surface area contributed by atoms with E-state index in [1.54, 1.807) is 0 Å². The Morgan fingerprint density at radius 3 is 2.54 bits per heavy atom. The van der Waals surface area contributed by atoms with Gasteiger partial charge in [-0.1, -0.05) is 44.4 Å². The van der Waals surface area contributed by atoms with Gasteiger partial charge in [0.15, 0.2) is 11.9 Å². The van der Waals surface area contributed by atoms with Gasteiger partial charge in [-0.05, 0) is 66.5 Å². The van der Waals surface area contributed by atoms with Gasteiger partial charge in [0.05, 0.1) is 0 Å². The summed E-state index contributed by atoms with van der Waals surface area (Å²) in [7, 11) is 0. The van der Waals surface area contributed by atoms with E-state index in [0.717, 1.165) is 42.7 Å². The second-order valence-corrected chi connectivity index (χ2v) is 7.71. The Balaban J connectivity index is 0.00000243. The molecule has 0 aromatic heterocycles. The van der Waals surface area contributed by atoms with Gasteiger partial charge in [0.1, 0.15) is 5.75 Å². The van der Waals surface area contributed by atoms with Crippen LogP contribution in [0.2, 0.25) is 0 Å². The molecule has 4 N–H and O–H groups in total. The lowest BCUT2D eigenvalue weighted by Gasteiger charge is -2.23. The van der Waals surface area contributed by atoms with Crippen molar-refractivity contribution >= 4 is 23.1 Å². The molecule has 4 nitrogen and oxygen atoms in total. The van der Waals surface area contributed by atoms with Gasteiger partial charge < -0.3 is 15.7 Å². The predicted molar refractivity (Wildman–Crippen MR) is 121 cm³/mol. The molecule has 0 aliphatic heterocycles. The fraction of sp³-hybridized carbons (Fsp3) is 0.435. The molecule has 2 atom stereocenters. The first kappa shape index (κ1) is 26.2. The van der Waals surface area contributed by atoms with E-state index in [-0.39, 0.29) is 30.3 Å². The molecule has 0 saturated heterocycles. The molecule has 0 amide bonds. The molecule has 156 valence electrons. The van der Waals surface area contributed by atoms with Crippen LogP contribution in [0.3, 0.4) is 0 Å². The van der Waals surface area contributed by atoms with E-state index >= 15 is 0 Å². The van der Waals surface area contributed by atoms with Crippen molar-refractivity contribution < 1.29 is 20.5 Å². The van der Waals surface area contributed by atoms with Crippen molar-refractivity contribution in [2.24, 2.45) is 5.92 Å². The third-order valence-electron chi connectivity index (χ3n) is 4.98. The van der Waals surface area contributed by atoms with Crippen LogP contribution in [0.4, 0.5) is 0 Å². The van der Waals surface area contributed by atoms with Crippen LogP contribution in [0.25, 0.3) is 5.57 Å². The van der Waals surface area contributed by atoms with Gasteiger partial charge in [0, 0.05) is 12.3 Å². The van der Waals surface area contributed by atoms with Crippen molar-refractivity contribution in [3.8, 4) is 5.75 Å². The topological polar surface area (TPSA) is 89.3 Å². The Morgan fingerprint density at radius 2 is 1.89 bits per heavy atom. The Morgan fingerprint density at radius 1 is 1.18 bits per heavy atom. The number of Topliss-reactive ketones (excluding diaryl/α,β-unsaturated/α-hetero) is 1. The normalized spacial score (nSPS) is 21.0. The van der Waals surface area contributed by atoms with Gasteiger partial charge in [-0.3, -0.25) is 4.79 Å². The molecule has 5 heteroatoms. The van der Waals surface area contributed by atoms with Gasteiger partial charge in [0.25, 0.3) is 0 Å². The highest BCUT2D eigenvalue weighted by atomic mass is 32.2. The van der Waals surface area contributed by atoms with E-state index in [4.69, 9.17) is 4.74 Å². The number of benzene rings is 1. The predicted octanol–water partition coefficient (Wildman–Crippen LogP) is 4.44. The molecule has 1 aromatic carbocycles. The van der Waals surface area contributed by atoms with Crippen LogP contribution in [0, 0.1) is 5.92 Å². The summed E-state index contributed by atoms with van der Waals surface area (Å²) in [5, 5.41) is 0. The van der Waals surface area contributed by atoms with E-state index in [0.29, 0.717) is 12.3 Å². The third-order valence-corrected chi connectivity index (χ3v) is 5.62. The van der Waals surface area contributed by atoms with Gasteiger partial charge in [-0.2, -0.15) is 11.8 Å². The monoisotopic (exact) mass is 406 g/mol. The fourth-order valence-corrected chi connectivity index (χ4v) is 3.95. The summed E-state index contributed by atoms with van der Waals surface area (Å²) in [6.07, 6.45) is 13.1. The Kier molecular flexibility index (Phi) is 11.8. The third kappa shape index (κ3) is 6.36. The zero-order chi connectivity index (χ0) is 17.6. The number of allylic oxidation sites excluding steroid dienone is 5. The van der Waals surface area contributed by atoms with E-state index in [2.05, 4.69) is 43.2 Å².